The van der Waals surface area contributed by atoms with Crippen molar-refractivity contribution in [2.24, 2.45) is 17.3 Å². The minimum absolute atomic E-state index is 0.0585. The Kier molecular flexibility index (Phi) is 4.69. The molecule has 192 valence electrons. The monoisotopic (exact) mass is 507 g/mol. The van der Waals surface area contributed by atoms with Gasteiger partial charge in [-0.3, -0.25) is 10.1 Å². The van der Waals surface area contributed by atoms with Gasteiger partial charge >= 0.3 is 0 Å². The van der Waals surface area contributed by atoms with Crippen molar-refractivity contribution in [3.8, 4) is 16.9 Å². The van der Waals surface area contributed by atoms with Gasteiger partial charge in [0.05, 0.1) is 40.0 Å². The van der Waals surface area contributed by atoms with Crippen molar-refractivity contribution in [3.63, 3.8) is 0 Å². The molecule has 7 rings (SSSR count). The van der Waals surface area contributed by atoms with Crippen molar-refractivity contribution < 1.29 is 13.7 Å². The summed E-state index contributed by atoms with van der Waals surface area (Å²) in [4.78, 5) is 24.4. The zero-order valence-corrected chi connectivity index (χ0v) is 20.5. The summed E-state index contributed by atoms with van der Waals surface area (Å²) in [5.41, 5.74) is 4.30. The number of halogens is 2. The molecule has 9 nitrogen and oxygen atoms in total. The molecule has 2 saturated carbocycles. The topological polar surface area (TPSA) is 93.2 Å². The zero-order valence-electron chi connectivity index (χ0n) is 20.5. The minimum Gasteiger partial charge on any atom is -0.370 e. The molecule has 2 saturated heterocycles. The first-order chi connectivity index (χ1) is 17.7. The molecule has 2 aliphatic carbocycles. The summed E-state index contributed by atoms with van der Waals surface area (Å²) >= 11 is 0. The van der Waals surface area contributed by atoms with E-state index in [9.17, 15) is 18.9 Å². The predicted octanol–water partition coefficient (Wildman–Crippen LogP) is 4.63. The summed E-state index contributed by atoms with van der Waals surface area (Å²) in [7, 11) is 0. The molecular formula is C26H27F2N7O2. The van der Waals surface area contributed by atoms with Gasteiger partial charge in [-0.15, -0.1) is 0 Å². The molecule has 11 heteroatoms. The van der Waals surface area contributed by atoms with Gasteiger partial charge in [0.2, 0.25) is 5.95 Å². The molecule has 0 radical (unpaired) electrons. The van der Waals surface area contributed by atoms with Crippen molar-refractivity contribution in [1.82, 2.24) is 19.7 Å². The van der Waals surface area contributed by atoms with E-state index in [2.05, 4.69) is 20.0 Å². The quantitative estimate of drug-likeness (QED) is 0.367. The van der Waals surface area contributed by atoms with Crippen molar-refractivity contribution >= 4 is 17.3 Å². The van der Waals surface area contributed by atoms with Crippen molar-refractivity contribution in [3.05, 3.63) is 52.5 Å². The van der Waals surface area contributed by atoms with E-state index in [1.165, 1.54) is 18.9 Å². The Morgan fingerprint density at radius 1 is 1.00 bits per heavy atom. The fraction of sp³-hybridized carbons (Fsp3) is 0.500. The molecule has 0 N–H and O–H groups in total. The lowest BCUT2D eigenvalue weighted by atomic mass is 9.93. The molecule has 3 aromatic rings. The molecule has 2 aromatic heterocycles. The standard InChI is InChI=1S/C26H27F2N7O2/c1-16-10-21(31-24(30-16)33-14-19-20(15-33)26(19,27)28)17-12-29-34(13-17)22-3-2-18(35(36)37)11-23(22)32-8-6-25(4-5-25)7-9-32/h2-3,10-13,19-20H,4-9,14-15H2,1H3. The molecule has 2 unspecified atom stereocenters. The lowest BCUT2D eigenvalue weighted by molar-refractivity contribution is -0.384. The SMILES string of the molecule is Cc1cc(-c2cnn(-c3ccc([N+](=O)[O-])cc3N3CCC4(CC3)CC4)c2)nc(N2CC3C(C2)C3(F)F)n1. The number of anilines is 2. The van der Waals surface area contributed by atoms with Crippen LogP contribution in [0.3, 0.4) is 0 Å². The molecule has 1 aromatic carbocycles. The maximum Gasteiger partial charge on any atom is 0.271 e. The number of nitro groups is 1. The third kappa shape index (κ3) is 3.74. The zero-order chi connectivity index (χ0) is 25.5. The highest BCUT2D eigenvalue weighted by Gasteiger charge is 2.72. The predicted molar refractivity (Wildman–Crippen MR) is 133 cm³/mol. The average Bonchev–Trinajstić information content (AvgIpc) is 3.50. The molecule has 0 bridgehead atoms. The number of nitrogens with zero attached hydrogens (tertiary/aromatic N) is 7. The number of piperidine rings is 2. The first-order valence-electron chi connectivity index (χ1n) is 12.8. The van der Waals surface area contributed by atoms with Crippen LogP contribution in [0.1, 0.15) is 31.4 Å². The summed E-state index contributed by atoms with van der Waals surface area (Å²) in [5, 5.41) is 16.1. The van der Waals surface area contributed by atoms with E-state index in [1.54, 1.807) is 23.0 Å². The summed E-state index contributed by atoms with van der Waals surface area (Å²) in [5.74, 6) is -3.30. The van der Waals surface area contributed by atoms with Crippen LogP contribution >= 0.6 is 0 Å². The van der Waals surface area contributed by atoms with Crippen molar-refractivity contribution in [1.29, 1.82) is 0 Å². The molecule has 37 heavy (non-hydrogen) atoms. The average molecular weight is 508 g/mol. The number of non-ortho nitro benzene ring substituents is 1. The summed E-state index contributed by atoms with van der Waals surface area (Å²) in [6.45, 7) is 4.13. The van der Waals surface area contributed by atoms with Crippen LogP contribution in [0.4, 0.5) is 26.1 Å². The second kappa shape index (κ2) is 7.69. The maximum atomic E-state index is 13.7. The highest BCUT2D eigenvalue weighted by atomic mass is 19.3. The molecule has 0 amide bonds. The normalized spacial score (nSPS) is 24.8. The van der Waals surface area contributed by atoms with Crippen LogP contribution in [0.15, 0.2) is 36.7 Å². The Morgan fingerprint density at radius 3 is 2.41 bits per heavy atom. The fourth-order valence-corrected chi connectivity index (χ4v) is 6.07. The van der Waals surface area contributed by atoms with Gasteiger partial charge in [-0.25, -0.2) is 23.4 Å². The van der Waals surface area contributed by atoms with Crippen LogP contribution in [-0.2, 0) is 0 Å². The van der Waals surface area contributed by atoms with E-state index in [0.717, 1.165) is 48.6 Å². The molecule has 4 aliphatic rings. The van der Waals surface area contributed by atoms with E-state index < -0.39 is 17.8 Å². The van der Waals surface area contributed by atoms with Gasteiger partial charge in [0, 0.05) is 55.8 Å². The van der Waals surface area contributed by atoms with Crippen molar-refractivity contribution in [2.75, 3.05) is 36.0 Å². The van der Waals surface area contributed by atoms with Gasteiger partial charge in [-0.2, -0.15) is 5.10 Å². The van der Waals surface area contributed by atoms with Crippen LogP contribution in [-0.4, -0.2) is 56.8 Å². The van der Waals surface area contributed by atoms with Gasteiger partial charge in [0.25, 0.3) is 11.6 Å². The Labute approximate surface area is 212 Å². The number of fused-ring (bicyclic) bond motifs is 1. The number of aromatic nitrogens is 4. The highest BCUT2D eigenvalue weighted by Crippen LogP contribution is 2.59. The van der Waals surface area contributed by atoms with E-state index >= 15 is 0 Å². The van der Waals surface area contributed by atoms with Crippen LogP contribution < -0.4 is 9.80 Å². The second-order valence-corrected chi connectivity index (χ2v) is 11.1. The van der Waals surface area contributed by atoms with Gasteiger partial charge < -0.3 is 9.80 Å². The second-order valence-electron chi connectivity index (χ2n) is 11.1. The Bertz CT molecular complexity index is 1400. The number of alkyl halides is 2. The fourth-order valence-electron chi connectivity index (χ4n) is 6.07. The molecular weight excluding hydrogens is 480 g/mol. The lowest BCUT2D eigenvalue weighted by Crippen LogP contribution is -2.35. The third-order valence-electron chi connectivity index (χ3n) is 8.74. The van der Waals surface area contributed by atoms with Crippen LogP contribution in [0.25, 0.3) is 16.9 Å². The van der Waals surface area contributed by atoms with E-state index in [1.807, 2.05) is 24.1 Å². The Balaban J connectivity index is 1.19. The largest absolute Gasteiger partial charge is 0.370 e. The first-order valence-corrected chi connectivity index (χ1v) is 12.8. The molecule has 2 atom stereocenters. The van der Waals surface area contributed by atoms with Crippen LogP contribution in [0, 0.1) is 34.3 Å². The molecule has 4 heterocycles. The first kappa shape index (κ1) is 22.6. The number of rotatable bonds is 5. The van der Waals surface area contributed by atoms with Crippen LogP contribution in [0.2, 0.25) is 0 Å². The Morgan fingerprint density at radius 2 is 1.73 bits per heavy atom. The molecule has 4 fully saturated rings. The number of aryl methyl sites for hydroxylation is 1. The van der Waals surface area contributed by atoms with Crippen molar-refractivity contribution in [2.45, 2.75) is 38.5 Å². The summed E-state index contributed by atoms with van der Waals surface area (Å²) < 4.78 is 29.1. The maximum absolute atomic E-state index is 13.7. The summed E-state index contributed by atoms with van der Waals surface area (Å²) in [6.07, 6.45) is 8.35. The van der Waals surface area contributed by atoms with Crippen LogP contribution in [0.5, 0.6) is 0 Å². The van der Waals surface area contributed by atoms with Gasteiger partial charge in [-0.05, 0) is 50.2 Å². The Hall–Kier alpha value is -3.63. The third-order valence-corrected chi connectivity index (χ3v) is 8.74. The highest BCUT2D eigenvalue weighted by molar-refractivity contribution is 5.68. The number of hydrogen-bond acceptors (Lipinski definition) is 7. The van der Waals surface area contributed by atoms with Gasteiger partial charge in [-0.1, -0.05) is 0 Å². The molecule has 1 spiro atoms. The van der Waals surface area contributed by atoms with Gasteiger partial charge in [0.1, 0.15) is 0 Å². The van der Waals surface area contributed by atoms with E-state index in [4.69, 9.17) is 0 Å². The lowest BCUT2D eigenvalue weighted by Gasteiger charge is -2.34. The van der Waals surface area contributed by atoms with E-state index in [-0.39, 0.29) is 23.7 Å². The molecule has 2 aliphatic heterocycles. The smallest absolute Gasteiger partial charge is 0.271 e. The number of benzene rings is 1. The van der Waals surface area contributed by atoms with E-state index in [0.29, 0.717) is 17.1 Å². The minimum atomic E-state index is -2.56. The number of hydrogen-bond donors (Lipinski definition) is 0. The van der Waals surface area contributed by atoms with Gasteiger partial charge in [0.15, 0.2) is 0 Å². The number of nitro benzene ring substituents is 1. The summed E-state index contributed by atoms with van der Waals surface area (Å²) in [6, 6.07) is 6.75.